The zero-order valence-corrected chi connectivity index (χ0v) is 14.5. The highest BCUT2D eigenvalue weighted by Gasteiger charge is 2.21. The van der Waals surface area contributed by atoms with E-state index in [1.54, 1.807) is 19.9 Å². The average molecular weight is 357 g/mol. The van der Waals surface area contributed by atoms with E-state index < -0.39 is 21.9 Å². The Morgan fingerprint density at radius 3 is 2.62 bits per heavy atom. The number of benzene rings is 1. The Kier molecular flexibility index (Phi) is 5.63. The minimum Gasteiger partial charge on any atom is -0.495 e. The molecule has 132 valence electrons. The van der Waals surface area contributed by atoms with E-state index in [1.807, 2.05) is 0 Å². The Morgan fingerprint density at radius 1 is 1.33 bits per heavy atom. The molecule has 1 heterocycles. The van der Waals surface area contributed by atoms with E-state index >= 15 is 0 Å². The molecule has 0 aliphatic carbocycles. The van der Waals surface area contributed by atoms with E-state index in [0.29, 0.717) is 17.1 Å². The number of halogens is 1. The maximum Gasteiger partial charge on any atom is 0.244 e. The molecule has 0 aliphatic heterocycles. The molecule has 0 spiro atoms. The fourth-order valence-electron chi connectivity index (χ4n) is 2.41. The number of hydrogen-bond donors (Lipinski definition) is 2. The lowest BCUT2D eigenvalue weighted by molar-refractivity contribution is 0.167. The normalized spacial score (nSPS) is 13.0. The second-order valence-corrected chi connectivity index (χ2v) is 7.10. The molecular formula is C16H20FNO5S. The van der Waals surface area contributed by atoms with Gasteiger partial charge in [-0.05, 0) is 44.5 Å². The molecule has 0 radical (unpaired) electrons. The zero-order chi connectivity index (χ0) is 17.9. The summed E-state index contributed by atoms with van der Waals surface area (Å²) in [7, 11) is -2.65. The Labute approximate surface area is 140 Å². The van der Waals surface area contributed by atoms with Crippen LogP contribution in [0.3, 0.4) is 0 Å². The summed E-state index contributed by atoms with van der Waals surface area (Å²) in [5.74, 6) is 0.632. The molecule has 8 heteroatoms. The first-order valence-electron chi connectivity index (χ1n) is 7.33. The van der Waals surface area contributed by atoms with Crippen molar-refractivity contribution in [1.29, 1.82) is 0 Å². The van der Waals surface area contributed by atoms with E-state index in [9.17, 15) is 17.9 Å². The van der Waals surface area contributed by atoms with Gasteiger partial charge in [0, 0.05) is 12.1 Å². The fourth-order valence-corrected chi connectivity index (χ4v) is 3.63. The van der Waals surface area contributed by atoms with Crippen molar-refractivity contribution in [3.63, 3.8) is 0 Å². The van der Waals surface area contributed by atoms with Crippen LogP contribution in [-0.2, 0) is 10.0 Å². The van der Waals surface area contributed by atoms with E-state index in [4.69, 9.17) is 9.15 Å². The second kappa shape index (κ2) is 7.33. The topological polar surface area (TPSA) is 88.8 Å². The maximum atomic E-state index is 13.3. The van der Waals surface area contributed by atoms with Crippen LogP contribution >= 0.6 is 0 Å². The number of nitrogens with one attached hydrogen (secondary N) is 1. The zero-order valence-electron chi connectivity index (χ0n) is 13.7. The van der Waals surface area contributed by atoms with Gasteiger partial charge in [0.1, 0.15) is 28.0 Å². The molecule has 0 fully saturated rings. The monoisotopic (exact) mass is 357 g/mol. The standard InChI is InChI=1S/C16H20FNO5S/c1-10-8-13(11(2)23-10)14(19)6-7-18-24(20,21)16-9-12(17)4-5-15(16)22-3/h4-5,8-9,14,18-19H,6-7H2,1-3H3. The smallest absolute Gasteiger partial charge is 0.244 e. The molecule has 0 saturated carbocycles. The summed E-state index contributed by atoms with van der Waals surface area (Å²) in [5.41, 5.74) is 0.620. The van der Waals surface area contributed by atoms with Gasteiger partial charge in [0.25, 0.3) is 0 Å². The van der Waals surface area contributed by atoms with Gasteiger partial charge >= 0.3 is 0 Å². The predicted octanol–water partition coefficient (Wildman–Crippen LogP) is 2.45. The van der Waals surface area contributed by atoms with Gasteiger partial charge < -0.3 is 14.3 Å². The Morgan fingerprint density at radius 2 is 2.04 bits per heavy atom. The molecule has 1 atom stereocenters. The molecule has 2 rings (SSSR count). The minimum atomic E-state index is -3.96. The first kappa shape index (κ1) is 18.4. The van der Waals surface area contributed by atoms with Crippen molar-refractivity contribution in [3.05, 3.63) is 47.2 Å². The fraction of sp³-hybridized carbons (Fsp3) is 0.375. The van der Waals surface area contributed by atoms with Crippen LogP contribution in [0.25, 0.3) is 0 Å². The Balaban J connectivity index is 2.06. The number of sulfonamides is 1. The summed E-state index contributed by atoms with van der Waals surface area (Å²) in [6, 6.07) is 4.97. The van der Waals surface area contributed by atoms with Gasteiger partial charge in [-0.2, -0.15) is 0 Å². The van der Waals surface area contributed by atoms with Crippen molar-refractivity contribution in [2.75, 3.05) is 13.7 Å². The van der Waals surface area contributed by atoms with Crippen LogP contribution in [0.15, 0.2) is 33.6 Å². The second-order valence-electron chi connectivity index (χ2n) is 5.37. The van der Waals surface area contributed by atoms with E-state index in [0.717, 1.165) is 12.1 Å². The van der Waals surface area contributed by atoms with Gasteiger partial charge in [-0.25, -0.2) is 17.5 Å². The highest BCUT2D eigenvalue weighted by molar-refractivity contribution is 7.89. The number of aliphatic hydroxyl groups excluding tert-OH is 1. The van der Waals surface area contributed by atoms with E-state index in [2.05, 4.69) is 4.72 Å². The van der Waals surface area contributed by atoms with Crippen LogP contribution in [0.4, 0.5) is 4.39 Å². The van der Waals surface area contributed by atoms with Gasteiger partial charge in [0.15, 0.2) is 0 Å². The summed E-state index contributed by atoms with van der Waals surface area (Å²) in [5, 5.41) is 10.1. The molecule has 1 unspecified atom stereocenters. The summed E-state index contributed by atoms with van der Waals surface area (Å²) in [6.45, 7) is 3.47. The number of aliphatic hydroxyl groups is 1. The third kappa shape index (κ3) is 4.14. The molecule has 0 saturated heterocycles. The van der Waals surface area contributed by atoms with Crippen molar-refractivity contribution in [3.8, 4) is 5.75 Å². The van der Waals surface area contributed by atoms with Crippen LogP contribution in [0.5, 0.6) is 5.75 Å². The van der Waals surface area contributed by atoms with Gasteiger partial charge in [0.05, 0.1) is 13.2 Å². The number of furan rings is 1. The third-order valence-corrected chi connectivity index (χ3v) is 5.05. The van der Waals surface area contributed by atoms with Crippen molar-refractivity contribution in [1.82, 2.24) is 4.72 Å². The molecule has 24 heavy (non-hydrogen) atoms. The Bertz CT molecular complexity index is 816. The summed E-state index contributed by atoms with van der Waals surface area (Å²) in [6.07, 6.45) is -0.712. The molecule has 6 nitrogen and oxygen atoms in total. The quantitative estimate of drug-likeness (QED) is 0.795. The van der Waals surface area contributed by atoms with Crippen LogP contribution < -0.4 is 9.46 Å². The highest BCUT2D eigenvalue weighted by atomic mass is 32.2. The van der Waals surface area contributed by atoms with Crippen molar-refractivity contribution in [2.24, 2.45) is 0 Å². The maximum absolute atomic E-state index is 13.3. The van der Waals surface area contributed by atoms with Crippen molar-refractivity contribution < 1.29 is 27.1 Å². The first-order valence-corrected chi connectivity index (χ1v) is 8.81. The largest absolute Gasteiger partial charge is 0.495 e. The molecule has 0 bridgehead atoms. The van der Waals surface area contributed by atoms with Crippen molar-refractivity contribution in [2.45, 2.75) is 31.3 Å². The molecule has 1 aromatic heterocycles. The van der Waals surface area contributed by atoms with Crippen molar-refractivity contribution >= 4 is 10.0 Å². The average Bonchev–Trinajstić information content (AvgIpc) is 2.85. The number of hydrogen-bond acceptors (Lipinski definition) is 5. The third-order valence-electron chi connectivity index (χ3n) is 3.56. The number of ether oxygens (including phenoxy) is 1. The number of aryl methyl sites for hydroxylation is 2. The van der Waals surface area contributed by atoms with E-state index in [1.165, 1.54) is 13.2 Å². The molecular weight excluding hydrogens is 337 g/mol. The molecule has 2 aromatic rings. The number of rotatable bonds is 7. The van der Waals surface area contributed by atoms with Crippen LogP contribution in [-0.4, -0.2) is 27.2 Å². The molecule has 2 N–H and O–H groups in total. The SMILES string of the molecule is COc1ccc(F)cc1S(=O)(=O)NCCC(O)c1cc(C)oc1C. The highest BCUT2D eigenvalue weighted by Crippen LogP contribution is 2.26. The lowest BCUT2D eigenvalue weighted by Gasteiger charge is -2.13. The first-order chi connectivity index (χ1) is 11.2. The van der Waals surface area contributed by atoms with Crippen LogP contribution in [0.2, 0.25) is 0 Å². The molecule has 1 aromatic carbocycles. The lowest BCUT2D eigenvalue weighted by Crippen LogP contribution is -2.26. The van der Waals surface area contributed by atoms with Crippen LogP contribution in [0, 0.1) is 19.7 Å². The Hall–Kier alpha value is -1.90. The summed E-state index contributed by atoms with van der Waals surface area (Å²) < 4.78 is 50.6. The van der Waals surface area contributed by atoms with Gasteiger partial charge in [0.2, 0.25) is 10.0 Å². The van der Waals surface area contributed by atoms with E-state index in [-0.39, 0.29) is 23.6 Å². The van der Waals surface area contributed by atoms with Crippen LogP contribution in [0.1, 0.15) is 29.6 Å². The van der Waals surface area contributed by atoms with Gasteiger partial charge in [-0.3, -0.25) is 0 Å². The summed E-state index contributed by atoms with van der Waals surface area (Å²) >= 11 is 0. The molecule has 0 aliphatic rings. The summed E-state index contributed by atoms with van der Waals surface area (Å²) in [4.78, 5) is -0.283. The number of methoxy groups -OCH3 is 1. The van der Waals surface area contributed by atoms with Gasteiger partial charge in [-0.15, -0.1) is 0 Å². The molecule has 0 amide bonds. The predicted molar refractivity (Wildman–Crippen MR) is 85.9 cm³/mol. The van der Waals surface area contributed by atoms with Gasteiger partial charge in [-0.1, -0.05) is 0 Å². The lowest BCUT2D eigenvalue weighted by atomic mass is 10.1. The minimum absolute atomic E-state index is 0.0210.